The van der Waals surface area contributed by atoms with Gasteiger partial charge in [0.15, 0.2) is 0 Å². The summed E-state index contributed by atoms with van der Waals surface area (Å²) >= 11 is 7.92. The summed E-state index contributed by atoms with van der Waals surface area (Å²) in [6, 6.07) is 14.1. The number of carbonyl (C=O) groups is 1. The predicted molar refractivity (Wildman–Crippen MR) is 122 cm³/mol. The van der Waals surface area contributed by atoms with Crippen LogP contribution in [0.1, 0.15) is 11.3 Å². The Morgan fingerprint density at radius 3 is 2.63 bits per heavy atom. The van der Waals surface area contributed by atoms with Crippen LogP contribution in [0.5, 0.6) is 0 Å². The molecule has 8 heteroatoms. The van der Waals surface area contributed by atoms with E-state index in [-0.39, 0.29) is 5.91 Å². The fourth-order valence-corrected chi connectivity index (χ4v) is 4.70. The zero-order valence-corrected chi connectivity index (χ0v) is 18.2. The topological polar surface area (TPSA) is 61.4 Å². The van der Waals surface area contributed by atoms with Crippen molar-refractivity contribution in [1.29, 1.82) is 0 Å². The SMILES string of the molecule is O=C(CCNc1ncccn1)N1CCN(Cc2ccc(-c3cccc(Cl)c3)s2)CC1. The Bertz CT molecular complexity index is 972. The molecule has 6 nitrogen and oxygen atoms in total. The van der Waals surface area contributed by atoms with Gasteiger partial charge in [-0.05, 0) is 35.9 Å². The van der Waals surface area contributed by atoms with Gasteiger partial charge in [-0.2, -0.15) is 0 Å². The Kier molecular flexibility index (Phi) is 6.94. The second-order valence-electron chi connectivity index (χ2n) is 7.18. The highest BCUT2D eigenvalue weighted by Crippen LogP contribution is 2.30. The first-order chi connectivity index (χ1) is 14.7. The van der Waals surface area contributed by atoms with Crippen molar-refractivity contribution in [3.8, 4) is 10.4 Å². The van der Waals surface area contributed by atoms with E-state index in [1.54, 1.807) is 29.8 Å². The van der Waals surface area contributed by atoms with Gasteiger partial charge in [-0.3, -0.25) is 9.69 Å². The quantitative estimate of drug-likeness (QED) is 0.600. The minimum Gasteiger partial charge on any atom is -0.354 e. The van der Waals surface area contributed by atoms with E-state index in [0.29, 0.717) is 18.9 Å². The van der Waals surface area contributed by atoms with E-state index in [1.807, 2.05) is 23.1 Å². The van der Waals surface area contributed by atoms with Gasteiger partial charge in [-0.1, -0.05) is 23.7 Å². The molecule has 0 spiro atoms. The molecular formula is C22H24ClN5OS. The van der Waals surface area contributed by atoms with Crippen LogP contribution in [0.25, 0.3) is 10.4 Å². The van der Waals surface area contributed by atoms with Crippen LogP contribution >= 0.6 is 22.9 Å². The molecule has 2 aromatic heterocycles. The number of anilines is 1. The summed E-state index contributed by atoms with van der Waals surface area (Å²) in [4.78, 5) is 27.6. The van der Waals surface area contributed by atoms with E-state index >= 15 is 0 Å². The van der Waals surface area contributed by atoms with E-state index in [4.69, 9.17) is 11.6 Å². The first-order valence-corrected chi connectivity index (χ1v) is 11.2. The minimum absolute atomic E-state index is 0.178. The number of piperazine rings is 1. The number of hydrogen-bond donors (Lipinski definition) is 1. The lowest BCUT2D eigenvalue weighted by Gasteiger charge is -2.34. The lowest BCUT2D eigenvalue weighted by atomic mass is 10.2. The third kappa shape index (κ3) is 5.56. The summed E-state index contributed by atoms with van der Waals surface area (Å²) in [7, 11) is 0. The third-order valence-electron chi connectivity index (χ3n) is 5.06. The average molecular weight is 442 g/mol. The zero-order chi connectivity index (χ0) is 20.8. The van der Waals surface area contributed by atoms with Gasteiger partial charge in [0.05, 0.1) is 0 Å². The lowest BCUT2D eigenvalue weighted by Crippen LogP contribution is -2.48. The van der Waals surface area contributed by atoms with Crippen molar-refractivity contribution in [2.75, 3.05) is 38.0 Å². The maximum Gasteiger partial charge on any atom is 0.224 e. The highest BCUT2D eigenvalue weighted by atomic mass is 35.5. The largest absolute Gasteiger partial charge is 0.354 e. The highest BCUT2D eigenvalue weighted by Gasteiger charge is 2.21. The predicted octanol–water partition coefficient (Wildman–Crippen LogP) is 4.00. The molecule has 1 amide bonds. The smallest absolute Gasteiger partial charge is 0.224 e. The van der Waals surface area contributed by atoms with Gasteiger partial charge in [0, 0.05) is 72.9 Å². The van der Waals surface area contributed by atoms with Gasteiger partial charge in [0.2, 0.25) is 11.9 Å². The Morgan fingerprint density at radius 2 is 1.87 bits per heavy atom. The fourth-order valence-electron chi connectivity index (χ4n) is 3.47. The maximum absolute atomic E-state index is 12.5. The number of benzene rings is 1. The van der Waals surface area contributed by atoms with Crippen molar-refractivity contribution in [3.63, 3.8) is 0 Å². The maximum atomic E-state index is 12.5. The molecule has 1 aliphatic rings. The number of nitrogens with zero attached hydrogens (tertiary/aromatic N) is 4. The van der Waals surface area contributed by atoms with Gasteiger partial charge < -0.3 is 10.2 Å². The van der Waals surface area contributed by atoms with Crippen molar-refractivity contribution in [2.24, 2.45) is 0 Å². The van der Waals surface area contributed by atoms with Crippen molar-refractivity contribution in [1.82, 2.24) is 19.8 Å². The van der Waals surface area contributed by atoms with Crippen LogP contribution in [0.3, 0.4) is 0 Å². The molecule has 0 aliphatic carbocycles. The molecule has 30 heavy (non-hydrogen) atoms. The number of amides is 1. The molecule has 0 bridgehead atoms. The van der Waals surface area contributed by atoms with Gasteiger partial charge >= 0.3 is 0 Å². The molecule has 0 atom stereocenters. The number of thiophene rings is 1. The molecule has 1 fully saturated rings. The Balaban J connectivity index is 1.21. The molecule has 0 radical (unpaired) electrons. The number of aromatic nitrogens is 2. The van der Waals surface area contributed by atoms with Crippen LogP contribution < -0.4 is 5.32 Å². The Morgan fingerprint density at radius 1 is 1.07 bits per heavy atom. The zero-order valence-electron chi connectivity index (χ0n) is 16.6. The number of rotatable bonds is 7. The van der Waals surface area contributed by atoms with E-state index in [9.17, 15) is 4.79 Å². The Hall–Kier alpha value is -2.48. The van der Waals surface area contributed by atoms with Crippen LogP contribution in [0.2, 0.25) is 5.02 Å². The van der Waals surface area contributed by atoms with E-state index in [1.165, 1.54) is 9.75 Å². The summed E-state index contributed by atoms with van der Waals surface area (Å²) < 4.78 is 0. The molecular weight excluding hydrogens is 418 g/mol. The first kappa shape index (κ1) is 20.8. The van der Waals surface area contributed by atoms with Gasteiger partial charge in [0.25, 0.3) is 0 Å². The fraction of sp³-hybridized carbons (Fsp3) is 0.318. The minimum atomic E-state index is 0.178. The second-order valence-corrected chi connectivity index (χ2v) is 8.79. The monoisotopic (exact) mass is 441 g/mol. The van der Waals surface area contributed by atoms with Crippen LogP contribution in [-0.4, -0.2) is 58.4 Å². The number of carbonyl (C=O) groups excluding carboxylic acids is 1. The number of nitrogens with one attached hydrogen (secondary N) is 1. The lowest BCUT2D eigenvalue weighted by molar-refractivity contribution is -0.132. The van der Waals surface area contributed by atoms with Gasteiger partial charge in [-0.15, -0.1) is 11.3 Å². The Labute approximate surface area is 185 Å². The van der Waals surface area contributed by atoms with E-state index < -0.39 is 0 Å². The molecule has 1 aromatic carbocycles. The molecule has 4 rings (SSSR count). The molecule has 0 saturated carbocycles. The first-order valence-electron chi connectivity index (χ1n) is 10.0. The van der Waals surface area contributed by atoms with Crippen LogP contribution in [0, 0.1) is 0 Å². The number of hydrogen-bond acceptors (Lipinski definition) is 6. The van der Waals surface area contributed by atoms with Gasteiger partial charge in [-0.25, -0.2) is 9.97 Å². The summed E-state index contributed by atoms with van der Waals surface area (Å²) in [6.45, 7) is 4.79. The molecule has 3 aromatic rings. The van der Waals surface area contributed by atoms with Crippen molar-refractivity contribution in [3.05, 3.63) is 64.8 Å². The average Bonchev–Trinajstić information content (AvgIpc) is 3.23. The van der Waals surface area contributed by atoms with Crippen LogP contribution in [0.4, 0.5) is 5.95 Å². The number of halogens is 1. The molecule has 1 N–H and O–H groups in total. The third-order valence-corrected chi connectivity index (χ3v) is 6.42. The van der Waals surface area contributed by atoms with Gasteiger partial charge in [0.1, 0.15) is 0 Å². The van der Waals surface area contributed by atoms with Crippen LogP contribution in [-0.2, 0) is 11.3 Å². The molecule has 1 saturated heterocycles. The normalized spacial score (nSPS) is 14.6. The van der Waals surface area contributed by atoms with Crippen LogP contribution in [0.15, 0.2) is 54.9 Å². The summed E-state index contributed by atoms with van der Waals surface area (Å²) in [5.41, 5.74) is 1.16. The van der Waals surface area contributed by atoms with E-state index in [0.717, 1.165) is 43.3 Å². The summed E-state index contributed by atoms with van der Waals surface area (Å²) in [5, 5.41) is 3.85. The molecule has 156 valence electrons. The summed E-state index contributed by atoms with van der Waals surface area (Å²) in [5.74, 6) is 0.737. The molecule has 3 heterocycles. The van der Waals surface area contributed by atoms with Crippen molar-refractivity contribution < 1.29 is 4.79 Å². The highest BCUT2D eigenvalue weighted by molar-refractivity contribution is 7.15. The van der Waals surface area contributed by atoms with E-state index in [2.05, 4.69) is 38.4 Å². The second kappa shape index (κ2) is 10.0. The standard InChI is InChI=1S/C22H24ClN5OS/c23-18-4-1-3-17(15-18)20-6-5-19(30-20)16-27-11-13-28(14-12-27)21(29)7-10-26-22-24-8-2-9-25-22/h1-6,8-9,15H,7,10-14,16H2,(H,24,25,26). The molecule has 1 aliphatic heterocycles. The van der Waals surface area contributed by atoms with Crippen molar-refractivity contribution >= 4 is 34.8 Å². The molecule has 0 unspecified atom stereocenters. The summed E-state index contributed by atoms with van der Waals surface area (Å²) in [6.07, 6.45) is 3.82. The van der Waals surface area contributed by atoms with Crippen molar-refractivity contribution in [2.45, 2.75) is 13.0 Å².